The minimum absolute atomic E-state index is 0.0434. The first kappa shape index (κ1) is 19.4. The highest BCUT2D eigenvalue weighted by Crippen LogP contribution is 2.22. The van der Waals surface area contributed by atoms with Gasteiger partial charge in [-0.05, 0) is 55.0 Å². The Kier molecular flexibility index (Phi) is 6.45. The van der Waals surface area contributed by atoms with Crippen LogP contribution in [0.1, 0.15) is 13.3 Å². The Hall–Kier alpha value is -2.40. The van der Waals surface area contributed by atoms with Gasteiger partial charge < -0.3 is 19.3 Å². The lowest BCUT2D eigenvalue weighted by molar-refractivity contribution is -0.139. The molecular weight excluding hydrogens is 364 g/mol. The van der Waals surface area contributed by atoms with Gasteiger partial charge in [-0.15, -0.1) is 0 Å². The first-order valence-corrected chi connectivity index (χ1v) is 9.58. The fourth-order valence-corrected chi connectivity index (χ4v) is 3.29. The molecule has 0 radical (unpaired) electrons. The first-order valence-electron chi connectivity index (χ1n) is 9.20. The molecule has 144 valence electrons. The summed E-state index contributed by atoms with van der Waals surface area (Å²) in [6.07, 6.45) is 0.152. The molecule has 0 aliphatic carbocycles. The average Bonchev–Trinajstić information content (AvgIpc) is 2.73. The molecule has 1 saturated heterocycles. The zero-order valence-electron chi connectivity index (χ0n) is 15.7. The van der Waals surface area contributed by atoms with Crippen LogP contribution in [0.2, 0.25) is 5.02 Å². The van der Waals surface area contributed by atoms with Gasteiger partial charge in [0.1, 0.15) is 11.5 Å². The molecule has 1 fully saturated rings. The fraction of sp³-hybridized carbons (Fsp3) is 0.381. The van der Waals surface area contributed by atoms with Crippen molar-refractivity contribution >= 4 is 23.2 Å². The summed E-state index contributed by atoms with van der Waals surface area (Å²) in [4.78, 5) is 17.0. The topological polar surface area (TPSA) is 42.0 Å². The molecular formula is C21H25ClN2O3. The van der Waals surface area contributed by atoms with Gasteiger partial charge in [-0.1, -0.05) is 18.5 Å². The van der Waals surface area contributed by atoms with E-state index in [9.17, 15) is 4.79 Å². The van der Waals surface area contributed by atoms with Crippen molar-refractivity contribution in [2.75, 3.05) is 38.2 Å². The van der Waals surface area contributed by atoms with E-state index in [4.69, 9.17) is 21.1 Å². The van der Waals surface area contributed by atoms with E-state index >= 15 is 0 Å². The minimum atomic E-state index is -0.473. The number of nitrogens with zero attached hydrogens (tertiary/aromatic N) is 2. The fourth-order valence-electron chi connectivity index (χ4n) is 3.17. The van der Waals surface area contributed by atoms with Crippen molar-refractivity contribution in [3.8, 4) is 11.5 Å². The van der Waals surface area contributed by atoms with Crippen molar-refractivity contribution in [1.29, 1.82) is 0 Å². The second kappa shape index (κ2) is 9.00. The highest BCUT2D eigenvalue weighted by molar-refractivity contribution is 6.30. The van der Waals surface area contributed by atoms with Crippen LogP contribution in [0.4, 0.5) is 5.69 Å². The summed E-state index contributed by atoms with van der Waals surface area (Å²) in [7, 11) is 1.66. The number of hydrogen-bond acceptors (Lipinski definition) is 4. The van der Waals surface area contributed by atoms with Gasteiger partial charge in [0.15, 0.2) is 6.10 Å². The zero-order chi connectivity index (χ0) is 19.2. The SMILES string of the molecule is CC[C@H](Oc1ccc(Cl)cc1)C(=O)N1CCN(c2ccc(OC)cc2)CC1. The number of methoxy groups -OCH3 is 1. The van der Waals surface area contributed by atoms with E-state index in [0.717, 1.165) is 24.5 Å². The second-order valence-corrected chi connectivity index (χ2v) is 6.92. The molecule has 2 aromatic carbocycles. The number of piperazine rings is 1. The van der Waals surface area contributed by atoms with Gasteiger partial charge in [-0.2, -0.15) is 0 Å². The van der Waals surface area contributed by atoms with Crippen LogP contribution >= 0.6 is 11.6 Å². The first-order chi connectivity index (χ1) is 13.1. The van der Waals surface area contributed by atoms with Gasteiger partial charge >= 0.3 is 0 Å². The van der Waals surface area contributed by atoms with E-state index in [1.807, 2.05) is 24.0 Å². The summed E-state index contributed by atoms with van der Waals surface area (Å²) in [5.41, 5.74) is 1.15. The lowest BCUT2D eigenvalue weighted by atomic mass is 10.2. The number of benzene rings is 2. The van der Waals surface area contributed by atoms with E-state index in [1.54, 1.807) is 31.4 Å². The molecule has 0 bridgehead atoms. The molecule has 1 heterocycles. The molecule has 5 nitrogen and oxygen atoms in total. The van der Waals surface area contributed by atoms with E-state index < -0.39 is 6.10 Å². The zero-order valence-corrected chi connectivity index (χ0v) is 16.5. The van der Waals surface area contributed by atoms with Crippen LogP contribution < -0.4 is 14.4 Å². The van der Waals surface area contributed by atoms with Crippen LogP contribution in [0.15, 0.2) is 48.5 Å². The van der Waals surface area contributed by atoms with Crippen molar-refractivity contribution < 1.29 is 14.3 Å². The molecule has 0 spiro atoms. The maximum Gasteiger partial charge on any atom is 0.263 e. The van der Waals surface area contributed by atoms with Crippen LogP contribution in [0.3, 0.4) is 0 Å². The Labute approximate surface area is 165 Å². The Bertz CT molecular complexity index is 741. The Balaban J connectivity index is 1.56. The Morgan fingerprint density at radius 2 is 1.59 bits per heavy atom. The minimum Gasteiger partial charge on any atom is -0.497 e. The predicted molar refractivity (Wildman–Crippen MR) is 108 cm³/mol. The summed E-state index contributed by atoms with van der Waals surface area (Å²) >= 11 is 5.91. The summed E-state index contributed by atoms with van der Waals surface area (Å²) in [5, 5.41) is 0.649. The number of ether oxygens (including phenoxy) is 2. The molecule has 6 heteroatoms. The van der Waals surface area contributed by atoms with E-state index in [-0.39, 0.29) is 5.91 Å². The quantitative estimate of drug-likeness (QED) is 0.753. The van der Waals surface area contributed by atoms with Gasteiger partial charge in [0, 0.05) is 36.9 Å². The van der Waals surface area contributed by atoms with Gasteiger partial charge in [0.2, 0.25) is 0 Å². The second-order valence-electron chi connectivity index (χ2n) is 6.48. The standard InChI is InChI=1S/C21H25ClN2O3/c1-3-20(27-19-8-4-16(22)5-9-19)21(25)24-14-12-23(13-15-24)17-6-10-18(26-2)11-7-17/h4-11,20H,3,12-15H2,1-2H3/t20-/m0/s1. The number of amides is 1. The maximum absolute atomic E-state index is 12.9. The molecule has 1 aliphatic heterocycles. The van der Waals surface area contributed by atoms with Crippen molar-refractivity contribution in [2.24, 2.45) is 0 Å². The Morgan fingerprint density at radius 1 is 1.00 bits per heavy atom. The molecule has 1 atom stereocenters. The van der Waals surface area contributed by atoms with E-state index in [1.165, 1.54) is 0 Å². The van der Waals surface area contributed by atoms with Crippen LogP contribution in [-0.2, 0) is 4.79 Å². The molecule has 27 heavy (non-hydrogen) atoms. The van der Waals surface area contributed by atoms with Crippen LogP contribution in [0.25, 0.3) is 0 Å². The number of anilines is 1. The molecule has 1 aliphatic rings. The van der Waals surface area contributed by atoms with Crippen LogP contribution in [0.5, 0.6) is 11.5 Å². The average molecular weight is 389 g/mol. The van der Waals surface area contributed by atoms with Gasteiger partial charge in [0.05, 0.1) is 7.11 Å². The number of rotatable bonds is 6. The van der Waals surface area contributed by atoms with E-state index in [0.29, 0.717) is 30.3 Å². The number of carbonyl (C=O) groups is 1. The molecule has 0 unspecified atom stereocenters. The van der Waals surface area contributed by atoms with Crippen molar-refractivity contribution in [2.45, 2.75) is 19.4 Å². The summed E-state index contributed by atoms with van der Waals surface area (Å²) in [6.45, 7) is 4.94. The van der Waals surface area contributed by atoms with Gasteiger partial charge in [-0.25, -0.2) is 0 Å². The molecule has 2 aromatic rings. The van der Waals surface area contributed by atoms with Gasteiger partial charge in [0.25, 0.3) is 5.91 Å². The molecule has 0 saturated carbocycles. The highest BCUT2D eigenvalue weighted by atomic mass is 35.5. The van der Waals surface area contributed by atoms with Crippen molar-refractivity contribution in [3.05, 3.63) is 53.6 Å². The van der Waals surface area contributed by atoms with Crippen molar-refractivity contribution in [3.63, 3.8) is 0 Å². The van der Waals surface area contributed by atoms with Gasteiger partial charge in [-0.3, -0.25) is 4.79 Å². The molecule has 3 rings (SSSR count). The predicted octanol–water partition coefficient (Wildman–Crippen LogP) is 3.85. The van der Waals surface area contributed by atoms with Crippen molar-refractivity contribution in [1.82, 2.24) is 4.90 Å². The summed E-state index contributed by atoms with van der Waals surface area (Å²) in [6, 6.07) is 15.1. The maximum atomic E-state index is 12.9. The van der Waals surface area contributed by atoms with Crippen LogP contribution in [-0.4, -0.2) is 50.2 Å². The van der Waals surface area contributed by atoms with E-state index in [2.05, 4.69) is 17.0 Å². The lowest BCUT2D eigenvalue weighted by Crippen LogP contribution is -2.52. The number of carbonyl (C=O) groups excluding carboxylic acids is 1. The number of halogens is 1. The molecule has 1 amide bonds. The summed E-state index contributed by atoms with van der Waals surface area (Å²) < 4.78 is 11.1. The lowest BCUT2D eigenvalue weighted by Gasteiger charge is -2.37. The third kappa shape index (κ3) is 4.86. The monoisotopic (exact) mass is 388 g/mol. The summed E-state index contributed by atoms with van der Waals surface area (Å²) in [5.74, 6) is 1.55. The number of hydrogen-bond donors (Lipinski definition) is 0. The molecule has 0 aromatic heterocycles. The largest absolute Gasteiger partial charge is 0.497 e. The Morgan fingerprint density at radius 3 is 2.15 bits per heavy atom. The van der Waals surface area contributed by atoms with Crippen LogP contribution in [0, 0.1) is 0 Å². The highest BCUT2D eigenvalue weighted by Gasteiger charge is 2.28. The molecule has 0 N–H and O–H groups in total. The smallest absolute Gasteiger partial charge is 0.263 e. The third-order valence-electron chi connectivity index (χ3n) is 4.77. The third-order valence-corrected chi connectivity index (χ3v) is 5.02. The normalized spacial score (nSPS) is 15.4.